The van der Waals surface area contributed by atoms with E-state index in [1.165, 1.54) is 11.8 Å². The second-order valence-electron chi connectivity index (χ2n) is 1.98. The fourth-order valence-electron chi connectivity index (χ4n) is 0.578. The molecule has 0 saturated carbocycles. The first-order valence-corrected chi connectivity index (χ1v) is 4.60. The molecule has 1 unspecified atom stereocenters. The van der Waals surface area contributed by atoms with Crippen molar-refractivity contribution in [3.8, 4) is 0 Å². The molecule has 0 amide bonds. The maximum absolute atomic E-state index is 8.28. The smallest absolute Gasteiger partial charge is 0.119 e. The average molecular weight is 216 g/mol. The van der Waals surface area contributed by atoms with E-state index in [4.69, 9.17) is 20.8 Å². The SMILES string of the molecule is CSCC(CON(O)O)ON(O)O. The summed E-state index contributed by atoms with van der Waals surface area (Å²) < 4.78 is 0. The van der Waals surface area contributed by atoms with Crippen LogP contribution in [-0.2, 0) is 9.68 Å². The molecule has 0 spiro atoms. The molecule has 0 aliphatic carbocycles. The molecule has 9 heteroatoms. The summed E-state index contributed by atoms with van der Waals surface area (Å²) in [7, 11) is 0. The van der Waals surface area contributed by atoms with Gasteiger partial charge < -0.3 is 0 Å². The summed E-state index contributed by atoms with van der Waals surface area (Å²) >= 11 is 1.37. The molecule has 0 radical (unpaired) electrons. The third-order valence-corrected chi connectivity index (χ3v) is 1.68. The van der Waals surface area contributed by atoms with Gasteiger partial charge in [0.2, 0.25) is 0 Å². The Bertz CT molecular complexity index is 125. The van der Waals surface area contributed by atoms with Crippen molar-refractivity contribution in [2.75, 3.05) is 18.6 Å². The molecule has 13 heavy (non-hydrogen) atoms. The zero-order chi connectivity index (χ0) is 10.3. The van der Waals surface area contributed by atoms with Gasteiger partial charge >= 0.3 is 0 Å². The first-order chi connectivity index (χ1) is 6.06. The minimum absolute atomic E-state index is 0.231. The molecule has 0 aromatic rings. The third kappa shape index (κ3) is 8.36. The Morgan fingerprint density at radius 2 is 1.85 bits per heavy atom. The first kappa shape index (κ1) is 13.0. The molecule has 0 aliphatic heterocycles. The number of thioether (sulfide) groups is 1. The molecule has 4 N–H and O–H groups in total. The van der Waals surface area contributed by atoms with E-state index in [-0.39, 0.29) is 6.61 Å². The Labute approximate surface area is 78.6 Å². The Balaban J connectivity index is 3.66. The van der Waals surface area contributed by atoms with Crippen molar-refractivity contribution in [3.05, 3.63) is 0 Å². The molecule has 0 fully saturated rings. The van der Waals surface area contributed by atoms with Gasteiger partial charge in [0, 0.05) is 5.75 Å². The molecule has 0 aromatic heterocycles. The molecule has 0 heterocycles. The lowest BCUT2D eigenvalue weighted by Crippen LogP contribution is -2.32. The molecule has 0 aromatic carbocycles. The fraction of sp³-hybridized carbons (Fsp3) is 1.00. The van der Waals surface area contributed by atoms with Crippen molar-refractivity contribution in [1.29, 1.82) is 0 Å². The standard InChI is InChI=1S/C4H12N2O6S/c1-13-3-4(12-6(9)10)2-11-5(7)8/h4,7-10H,2-3H2,1H3. The van der Waals surface area contributed by atoms with Crippen LogP contribution in [0.2, 0.25) is 0 Å². The molecule has 8 nitrogen and oxygen atoms in total. The van der Waals surface area contributed by atoms with Gasteiger partial charge in [-0.05, 0) is 6.26 Å². The van der Waals surface area contributed by atoms with Crippen LogP contribution in [-0.4, -0.2) is 56.3 Å². The van der Waals surface area contributed by atoms with Gasteiger partial charge in [0.15, 0.2) is 0 Å². The van der Waals surface area contributed by atoms with E-state index in [1.54, 1.807) is 6.26 Å². The predicted molar refractivity (Wildman–Crippen MR) is 40.0 cm³/mol. The van der Waals surface area contributed by atoms with Gasteiger partial charge in [-0.25, -0.2) is 9.68 Å². The Morgan fingerprint density at radius 3 is 2.23 bits per heavy atom. The summed E-state index contributed by atoms with van der Waals surface area (Å²) in [6.07, 6.45) is 1.07. The second-order valence-corrected chi connectivity index (χ2v) is 2.89. The fourth-order valence-corrected chi connectivity index (χ4v) is 1.11. The van der Waals surface area contributed by atoms with Crippen LogP contribution in [0, 0.1) is 0 Å². The molecule has 0 aliphatic rings. The third-order valence-electron chi connectivity index (χ3n) is 0.972. The van der Waals surface area contributed by atoms with Gasteiger partial charge in [-0.3, -0.25) is 20.8 Å². The molecule has 80 valence electrons. The van der Waals surface area contributed by atoms with E-state index < -0.39 is 16.9 Å². The Kier molecular flexibility index (Phi) is 7.45. The highest BCUT2D eigenvalue weighted by atomic mass is 32.2. The van der Waals surface area contributed by atoms with E-state index in [1.807, 2.05) is 0 Å². The monoisotopic (exact) mass is 216 g/mol. The number of rotatable bonds is 7. The maximum atomic E-state index is 8.28. The normalized spacial score (nSPS) is 14.1. The zero-order valence-corrected chi connectivity index (χ0v) is 7.72. The van der Waals surface area contributed by atoms with Crippen LogP contribution in [0.4, 0.5) is 0 Å². The number of nitrogens with zero attached hydrogens (tertiary/aromatic N) is 2. The molecule has 0 bridgehead atoms. The van der Waals surface area contributed by atoms with Gasteiger partial charge in [0.25, 0.3) is 0 Å². The summed E-state index contributed by atoms with van der Waals surface area (Å²) in [5, 5.41) is 32.0. The minimum Gasteiger partial charge on any atom is -0.266 e. The van der Waals surface area contributed by atoms with Gasteiger partial charge in [0.1, 0.15) is 12.7 Å². The summed E-state index contributed by atoms with van der Waals surface area (Å²) in [6.45, 7) is -0.231. The van der Waals surface area contributed by atoms with Crippen molar-refractivity contribution in [2.45, 2.75) is 6.10 Å². The van der Waals surface area contributed by atoms with Crippen molar-refractivity contribution >= 4 is 11.8 Å². The largest absolute Gasteiger partial charge is 0.266 e. The van der Waals surface area contributed by atoms with Crippen LogP contribution in [0.5, 0.6) is 0 Å². The highest BCUT2D eigenvalue weighted by Gasteiger charge is 2.13. The van der Waals surface area contributed by atoms with Crippen LogP contribution < -0.4 is 0 Å². The maximum Gasteiger partial charge on any atom is 0.119 e. The summed E-state index contributed by atoms with van der Waals surface area (Å²) in [4.78, 5) is 8.61. The van der Waals surface area contributed by atoms with Crippen LogP contribution in [0.25, 0.3) is 0 Å². The number of hydrogen-bond donors (Lipinski definition) is 4. The van der Waals surface area contributed by atoms with Crippen molar-refractivity contribution in [1.82, 2.24) is 10.8 Å². The van der Waals surface area contributed by atoms with E-state index in [0.29, 0.717) is 5.75 Å². The lowest BCUT2D eigenvalue weighted by molar-refractivity contribution is -0.525. The molecular weight excluding hydrogens is 204 g/mol. The lowest BCUT2D eigenvalue weighted by atomic mass is 10.4. The van der Waals surface area contributed by atoms with Crippen LogP contribution in [0.1, 0.15) is 0 Å². The lowest BCUT2D eigenvalue weighted by Gasteiger charge is -2.17. The Morgan fingerprint density at radius 1 is 1.23 bits per heavy atom. The van der Waals surface area contributed by atoms with Gasteiger partial charge in [-0.2, -0.15) is 11.8 Å². The van der Waals surface area contributed by atoms with E-state index in [9.17, 15) is 0 Å². The Hall–Kier alpha value is 0.0300. The first-order valence-electron chi connectivity index (χ1n) is 3.20. The van der Waals surface area contributed by atoms with Gasteiger partial charge in [-0.1, -0.05) is 0 Å². The van der Waals surface area contributed by atoms with Crippen molar-refractivity contribution < 1.29 is 30.5 Å². The average Bonchev–Trinajstić information content (AvgIpc) is 1.99. The summed E-state index contributed by atoms with van der Waals surface area (Å²) in [5.41, 5.74) is 0. The molecule has 0 rings (SSSR count). The molecule has 0 saturated heterocycles. The highest BCUT2D eigenvalue weighted by molar-refractivity contribution is 7.98. The topological polar surface area (TPSA) is 106 Å². The predicted octanol–water partition coefficient (Wildman–Crippen LogP) is -0.258. The quantitative estimate of drug-likeness (QED) is 0.428. The van der Waals surface area contributed by atoms with Crippen molar-refractivity contribution in [2.24, 2.45) is 0 Å². The molecular formula is C4H12N2O6S. The summed E-state index contributed by atoms with van der Waals surface area (Å²) in [6, 6.07) is 0. The zero-order valence-electron chi connectivity index (χ0n) is 6.90. The molecule has 1 atom stereocenters. The van der Waals surface area contributed by atoms with Crippen LogP contribution in [0.3, 0.4) is 0 Å². The summed E-state index contributed by atoms with van der Waals surface area (Å²) in [5.74, 6) is 0.394. The van der Waals surface area contributed by atoms with Gasteiger partial charge in [-0.15, -0.1) is 0 Å². The number of hydrogen-bond acceptors (Lipinski definition) is 9. The van der Waals surface area contributed by atoms with Crippen LogP contribution >= 0.6 is 11.8 Å². The minimum atomic E-state index is -0.702. The second kappa shape index (κ2) is 7.44. The van der Waals surface area contributed by atoms with Crippen molar-refractivity contribution in [3.63, 3.8) is 0 Å². The van der Waals surface area contributed by atoms with E-state index in [0.717, 1.165) is 0 Å². The van der Waals surface area contributed by atoms with E-state index >= 15 is 0 Å². The van der Waals surface area contributed by atoms with E-state index in [2.05, 4.69) is 9.68 Å². The van der Waals surface area contributed by atoms with Crippen LogP contribution in [0.15, 0.2) is 0 Å². The highest BCUT2D eigenvalue weighted by Crippen LogP contribution is 2.03. The van der Waals surface area contributed by atoms with Gasteiger partial charge in [0.05, 0.1) is 10.8 Å².